The first-order valence-electron chi connectivity index (χ1n) is 15.2. The van der Waals surface area contributed by atoms with E-state index in [9.17, 15) is 24.9 Å². The summed E-state index contributed by atoms with van der Waals surface area (Å²) in [7, 11) is -1.76. The van der Waals surface area contributed by atoms with E-state index in [1.54, 1.807) is 4.90 Å². The minimum absolute atomic E-state index is 0.148. The Kier molecular flexibility index (Phi) is 11.3. The molecule has 2 amide bonds. The van der Waals surface area contributed by atoms with Crippen LogP contribution in [0.3, 0.4) is 0 Å². The van der Waals surface area contributed by atoms with Crippen molar-refractivity contribution in [1.82, 2.24) is 20.0 Å². The van der Waals surface area contributed by atoms with Crippen LogP contribution in [0.25, 0.3) is 0 Å². The summed E-state index contributed by atoms with van der Waals surface area (Å²) in [6.45, 7) is 12.6. The number of nitrogens with zero attached hydrogens (tertiary/aromatic N) is 4. The van der Waals surface area contributed by atoms with Gasteiger partial charge in [0.15, 0.2) is 0 Å². The highest BCUT2D eigenvalue weighted by Crippen LogP contribution is 2.31. The quantitative estimate of drug-likeness (QED) is 0.329. The molecule has 4 rings (SSSR count). The van der Waals surface area contributed by atoms with Gasteiger partial charge in [-0.1, -0.05) is 37.3 Å². The second kappa shape index (κ2) is 14.7. The summed E-state index contributed by atoms with van der Waals surface area (Å²) in [4.78, 5) is 32.8. The standard InChI is InChI=1S/C30H46BN5O6/c1-22(17-30(2,3)36-14-12-34(13-15-36)24-20-41-21-24)26(18-32)28(37)35-11-7-10-25(19-35)42-29(38)33-27(31(39)40)16-23-8-5-4-6-9-23/h4-6,8-9,22,24-27,39-40H,7,10-17,19-21H2,1-3H3,(H,33,38)/t22?,25-,26?,27-/m0/s1. The number of amides is 2. The van der Waals surface area contributed by atoms with Gasteiger partial charge in [-0.3, -0.25) is 14.6 Å². The maximum Gasteiger partial charge on any atom is 0.475 e. The normalized spacial score (nSPS) is 22.8. The topological polar surface area (TPSA) is 139 Å². The van der Waals surface area contributed by atoms with E-state index in [2.05, 4.69) is 35.0 Å². The lowest BCUT2D eigenvalue weighted by Gasteiger charge is -2.48. The van der Waals surface area contributed by atoms with E-state index in [1.807, 2.05) is 37.3 Å². The molecule has 1 aromatic rings. The Hall–Kier alpha value is -2.69. The smallest absolute Gasteiger partial charge is 0.444 e. The number of nitrogens with one attached hydrogen (secondary N) is 1. The molecule has 3 aliphatic rings. The Morgan fingerprint density at radius 3 is 2.45 bits per heavy atom. The van der Waals surface area contributed by atoms with Crippen molar-refractivity contribution < 1.29 is 29.1 Å². The Bertz CT molecular complexity index is 1070. The van der Waals surface area contributed by atoms with Crippen LogP contribution < -0.4 is 5.32 Å². The van der Waals surface area contributed by atoms with Crippen molar-refractivity contribution in [1.29, 1.82) is 5.26 Å². The van der Waals surface area contributed by atoms with Crippen LogP contribution in [-0.4, -0.2) is 120 Å². The summed E-state index contributed by atoms with van der Waals surface area (Å²) in [6, 6.07) is 12.0. The highest BCUT2D eigenvalue weighted by Gasteiger charge is 2.39. The number of piperidine rings is 1. The third-order valence-electron chi connectivity index (χ3n) is 9.03. The molecule has 230 valence electrons. The van der Waals surface area contributed by atoms with Gasteiger partial charge in [0, 0.05) is 38.3 Å². The lowest BCUT2D eigenvalue weighted by atomic mass is 9.76. The first-order valence-corrected chi connectivity index (χ1v) is 15.2. The van der Waals surface area contributed by atoms with E-state index in [1.165, 1.54) is 0 Å². The third kappa shape index (κ3) is 8.45. The minimum Gasteiger partial charge on any atom is -0.444 e. The van der Waals surface area contributed by atoms with E-state index >= 15 is 0 Å². The second-order valence-electron chi connectivity index (χ2n) is 12.6. The van der Waals surface area contributed by atoms with Crippen LogP contribution in [-0.2, 0) is 20.7 Å². The maximum atomic E-state index is 13.5. The van der Waals surface area contributed by atoms with Gasteiger partial charge < -0.3 is 29.7 Å². The fraction of sp³-hybridized carbons (Fsp3) is 0.700. The fourth-order valence-corrected chi connectivity index (χ4v) is 6.45. The van der Waals surface area contributed by atoms with Crippen LogP contribution in [0.2, 0.25) is 0 Å². The first kappa shape index (κ1) is 32.2. The van der Waals surface area contributed by atoms with Crippen molar-refractivity contribution in [2.75, 3.05) is 52.5 Å². The first-order chi connectivity index (χ1) is 20.1. The second-order valence-corrected chi connectivity index (χ2v) is 12.6. The number of carbonyl (C=O) groups excluding carboxylic acids is 2. The molecule has 0 aliphatic carbocycles. The zero-order chi connectivity index (χ0) is 30.3. The van der Waals surface area contributed by atoms with Gasteiger partial charge in [0.05, 0.1) is 37.8 Å². The van der Waals surface area contributed by atoms with Crippen LogP contribution in [0, 0.1) is 23.2 Å². The number of alkyl carbamates (subject to hydrolysis) is 1. The highest BCUT2D eigenvalue weighted by molar-refractivity contribution is 6.43. The van der Waals surface area contributed by atoms with E-state index in [0.717, 1.165) is 45.0 Å². The number of nitriles is 1. The van der Waals surface area contributed by atoms with Crippen molar-refractivity contribution in [3.05, 3.63) is 35.9 Å². The van der Waals surface area contributed by atoms with Gasteiger partial charge >= 0.3 is 13.2 Å². The molecule has 0 bridgehead atoms. The minimum atomic E-state index is -1.76. The SMILES string of the molecule is CC(CC(C)(C)N1CCN(C2COC2)CC1)C(C#N)C(=O)N1CCC[C@H](OC(=O)N[C@@H](Cc2ccccc2)B(O)O)C1. The van der Waals surface area contributed by atoms with Crippen molar-refractivity contribution >= 4 is 19.1 Å². The third-order valence-corrected chi connectivity index (χ3v) is 9.03. The van der Waals surface area contributed by atoms with E-state index in [0.29, 0.717) is 31.8 Å². The molecule has 3 N–H and O–H groups in total. The summed E-state index contributed by atoms with van der Waals surface area (Å²) in [6.07, 6.45) is 0.868. The van der Waals surface area contributed by atoms with Gasteiger partial charge in [0.1, 0.15) is 12.0 Å². The number of piperazine rings is 1. The van der Waals surface area contributed by atoms with Crippen LogP contribution in [0.4, 0.5) is 4.79 Å². The van der Waals surface area contributed by atoms with Gasteiger partial charge in [-0.05, 0) is 51.0 Å². The Balaban J connectivity index is 1.27. The molecule has 0 aromatic heterocycles. The number of likely N-dealkylation sites (tertiary alicyclic amines) is 1. The average molecular weight is 584 g/mol. The summed E-state index contributed by atoms with van der Waals surface area (Å²) in [5, 5.41) is 32.2. The number of rotatable bonds is 11. The van der Waals surface area contributed by atoms with Crippen molar-refractivity contribution in [3.8, 4) is 6.07 Å². The molecule has 4 atom stereocenters. The molecule has 2 unspecified atom stereocenters. The zero-order valence-corrected chi connectivity index (χ0v) is 25.2. The Morgan fingerprint density at radius 2 is 1.86 bits per heavy atom. The lowest BCUT2D eigenvalue weighted by Crippen LogP contribution is -2.60. The number of hydrogen-bond acceptors (Lipinski definition) is 9. The Morgan fingerprint density at radius 1 is 1.17 bits per heavy atom. The van der Waals surface area contributed by atoms with Crippen LogP contribution in [0.15, 0.2) is 30.3 Å². The highest BCUT2D eigenvalue weighted by atomic mass is 16.6. The number of carbonyl (C=O) groups is 2. The molecule has 11 nitrogen and oxygen atoms in total. The van der Waals surface area contributed by atoms with Crippen molar-refractivity contribution in [3.63, 3.8) is 0 Å². The average Bonchev–Trinajstić information content (AvgIpc) is 2.93. The van der Waals surface area contributed by atoms with Gasteiger partial charge in [0.2, 0.25) is 5.91 Å². The van der Waals surface area contributed by atoms with E-state index in [4.69, 9.17) is 9.47 Å². The van der Waals surface area contributed by atoms with Gasteiger partial charge in [-0.2, -0.15) is 5.26 Å². The van der Waals surface area contributed by atoms with Gasteiger partial charge in [-0.25, -0.2) is 4.79 Å². The summed E-state index contributed by atoms with van der Waals surface area (Å²) < 4.78 is 10.9. The summed E-state index contributed by atoms with van der Waals surface area (Å²) >= 11 is 0. The van der Waals surface area contributed by atoms with Crippen LogP contribution in [0.1, 0.15) is 45.6 Å². The molecule has 1 aromatic carbocycles. The molecule has 0 radical (unpaired) electrons. The monoisotopic (exact) mass is 583 g/mol. The molecule has 3 aliphatic heterocycles. The van der Waals surface area contributed by atoms with Crippen LogP contribution >= 0.6 is 0 Å². The van der Waals surface area contributed by atoms with Crippen molar-refractivity contribution in [2.24, 2.45) is 11.8 Å². The number of benzene rings is 1. The number of ether oxygens (including phenoxy) is 2. The molecule has 0 spiro atoms. The predicted molar refractivity (Wildman–Crippen MR) is 158 cm³/mol. The number of hydrogen-bond donors (Lipinski definition) is 3. The summed E-state index contributed by atoms with van der Waals surface area (Å²) in [5.41, 5.74) is 0.687. The zero-order valence-electron chi connectivity index (χ0n) is 25.2. The molecular weight excluding hydrogens is 537 g/mol. The molecule has 3 saturated heterocycles. The van der Waals surface area contributed by atoms with E-state index in [-0.39, 0.29) is 30.3 Å². The largest absolute Gasteiger partial charge is 0.475 e. The molecular formula is C30H46BN5O6. The van der Waals surface area contributed by atoms with Crippen molar-refractivity contribution in [2.45, 2.75) is 70.1 Å². The molecule has 3 heterocycles. The maximum absolute atomic E-state index is 13.5. The lowest BCUT2D eigenvalue weighted by molar-refractivity contribution is -0.138. The van der Waals surface area contributed by atoms with Gasteiger partial charge in [-0.15, -0.1) is 0 Å². The Labute approximate surface area is 249 Å². The van der Waals surface area contributed by atoms with Gasteiger partial charge in [0.25, 0.3) is 0 Å². The van der Waals surface area contributed by atoms with Crippen LogP contribution in [0.5, 0.6) is 0 Å². The summed E-state index contributed by atoms with van der Waals surface area (Å²) in [5.74, 6) is -2.10. The predicted octanol–water partition coefficient (Wildman–Crippen LogP) is 1.29. The molecule has 0 saturated carbocycles. The molecule has 3 fully saturated rings. The van der Waals surface area contributed by atoms with E-state index < -0.39 is 31.2 Å². The molecule has 42 heavy (non-hydrogen) atoms. The molecule has 12 heteroatoms. The fourth-order valence-electron chi connectivity index (χ4n) is 6.45.